The van der Waals surface area contributed by atoms with Gasteiger partial charge in [-0.05, 0) is 11.8 Å². The van der Waals surface area contributed by atoms with Gasteiger partial charge in [-0.1, -0.05) is 11.1 Å². The van der Waals surface area contributed by atoms with Gasteiger partial charge in [0.15, 0.2) is 29.4 Å². The highest BCUT2D eigenvalue weighted by Crippen LogP contribution is 2.62. The fourth-order valence-electron chi connectivity index (χ4n) is 4.05. The normalized spacial score (nSPS) is 37.1. The molecule has 0 radical (unpaired) electrons. The number of nitrogens with zero attached hydrogens (tertiary/aromatic N) is 5. The standard InChI is InChI=1S/C18H24F2N6O13P2S/c1-2-18(20)13(31)7(36-17(18)26-15-8(24-25-26)14(21)22-5-23-15)4-35-41(34,42)39-40(32,33)38-16-11(30)9(28)10(29)12(37-16)6(19)3-27/h1,5-7,9-13,16-17,27-31H,3-4H2,(H,32,33)(H,34,42)(H2,21,22,23)/t6-,7+,9?,10?,11?,12?,13+,16?,17+,18+,41?/m0/s1. The zero-order chi connectivity index (χ0) is 31.2. The Morgan fingerprint density at radius 2 is 1.93 bits per heavy atom. The maximum absolute atomic E-state index is 15.7. The molecule has 234 valence electrons. The van der Waals surface area contributed by atoms with Crippen molar-refractivity contribution in [3.05, 3.63) is 6.33 Å². The third kappa shape index (κ3) is 6.32. The van der Waals surface area contributed by atoms with Crippen LogP contribution in [0.25, 0.3) is 11.2 Å². The van der Waals surface area contributed by atoms with Crippen molar-refractivity contribution in [2.75, 3.05) is 18.9 Å². The summed E-state index contributed by atoms with van der Waals surface area (Å²) in [6, 6.07) is 0. The number of rotatable bonds is 10. The summed E-state index contributed by atoms with van der Waals surface area (Å²) in [4.78, 5) is 28.0. The molecule has 2 aliphatic rings. The fraction of sp³-hybridized carbons (Fsp3) is 0.667. The van der Waals surface area contributed by atoms with Crippen LogP contribution < -0.4 is 5.73 Å². The first kappa shape index (κ1) is 33.0. The number of phosphoric acid groups is 1. The van der Waals surface area contributed by atoms with Crippen LogP contribution >= 0.6 is 14.5 Å². The van der Waals surface area contributed by atoms with Crippen molar-refractivity contribution in [2.24, 2.45) is 0 Å². The van der Waals surface area contributed by atoms with Gasteiger partial charge in [-0.2, -0.15) is 4.68 Å². The molecule has 0 bridgehead atoms. The summed E-state index contributed by atoms with van der Waals surface area (Å²) < 4.78 is 67.1. The number of terminal acetylenes is 1. The Hall–Kier alpha value is -1.90. The molecule has 7 unspecified atom stereocenters. The van der Waals surface area contributed by atoms with Crippen molar-refractivity contribution in [2.45, 2.75) is 61.0 Å². The van der Waals surface area contributed by atoms with E-state index in [9.17, 15) is 39.2 Å². The minimum Gasteiger partial charge on any atom is -0.393 e. The lowest BCUT2D eigenvalue weighted by molar-refractivity contribution is -0.287. The molecular formula is C18H24F2N6O13P2S. The summed E-state index contributed by atoms with van der Waals surface area (Å²) in [6.45, 7) is -7.01. The SMILES string of the molecule is C#C[C@@]1(F)[C@H](O)[C@@H](COP(O)(=S)OP(=O)(O)OC2OC([C@@H](F)CO)C(O)C(O)C2O)O[C@H]1n1nnc2c(N)ncnc21. The summed E-state index contributed by atoms with van der Waals surface area (Å²) >= 11 is 4.65. The first-order valence-corrected chi connectivity index (χ1v) is 15.6. The topological polar surface area (TPSA) is 287 Å². The van der Waals surface area contributed by atoms with Gasteiger partial charge in [0.25, 0.3) is 0 Å². The first-order valence-electron chi connectivity index (χ1n) is 11.5. The highest BCUT2D eigenvalue weighted by Gasteiger charge is 2.59. The van der Waals surface area contributed by atoms with E-state index >= 15 is 4.39 Å². The van der Waals surface area contributed by atoms with Crippen LogP contribution in [-0.4, -0.2) is 128 Å². The third-order valence-corrected chi connectivity index (χ3v) is 9.68. The van der Waals surface area contributed by atoms with Gasteiger partial charge >= 0.3 is 14.5 Å². The lowest BCUT2D eigenvalue weighted by Gasteiger charge is -2.41. The molecule has 12 atom stereocenters. The van der Waals surface area contributed by atoms with Gasteiger partial charge in [0.1, 0.15) is 43.0 Å². The van der Waals surface area contributed by atoms with E-state index in [0.29, 0.717) is 0 Å². The minimum absolute atomic E-state index is 0.0357. The van der Waals surface area contributed by atoms with Gasteiger partial charge in [-0.15, -0.1) is 11.5 Å². The number of alkyl halides is 2. The van der Waals surface area contributed by atoms with E-state index < -0.39 is 88.7 Å². The van der Waals surface area contributed by atoms with E-state index in [2.05, 4.69) is 40.9 Å². The molecule has 4 rings (SSSR count). The average Bonchev–Trinajstić information content (AvgIpc) is 3.46. The first-order chi connectivity index (χ1) is 19.5. The van der Waals surface area contributed by atoms with Crippen LogP contribution in [0.3, 0.4) is 0 Å². The second-order valence-electron chi connectivity index (χ2n) is 8.91. The summed E-state index contributed by atoms with van der Waals surface area (Å²) in [5, 5.41) is 56.7. The molecule has 9 N–H and O–H groups in total. The molecule has 2 aliphatic heterocycles. The van der Waals surface area contributed by atoms with Crippen LogP contribution in [0.1, 0.15) is 6.23 Å². The molecule has 0 saturated carbocycles. The van der Waals surface area contributed by atoms with Gasteiger partial charge in [-0.25, -0.2) is 27.6 Å². The molecule has 2 aromatic heterocycles. The van der Waals surface area contributed by atoms with E-state index in [0.717, 1.165) is 11.0 Å². The van der Waals surface area contributed by atoms with Crippen molar-refractivity contribution in [1.82, 2.24) is 25.0 Å². The molecule has 2 aromatic rings. The Morgan fingerprint density at radius 1 is 1.24 bits per heavy atom. The average molecular weight is 664 g/mol. The van der Waals surface area contributed by atoms with Gasteiger partial charge in [0.2, 0.25) is 11.9 Å². The smallest absolute Gasteiger partial charge is 0.393 e. The summed E-state index contributed by atoms with van der Waals surface area (Å²) in [6.07, 6.45) is -12.5. The predicted octanol–water partition coefficient (Wildman–Crippen LogP) is -3.09. The number of hydrogen-bond donors (Lipinski definition) is 8. The van der Waals surface area contributed by atoms with Crippen LogP contribution in [0.2, 0.25) is 0 Å². The Bertz CT molecular complexity index is 1440. The molecule has 2 saturated heterocycles. The van der Waals surface area contributed by atoms with Crippen LogP contribution in [0, 0.1) is 12.3 Å². The highest BCUT2D eigenvalue weighted by molar-refractivity contribution is 8.08. The number of hydrogen-bond acceptors (Lipinski definition) is 17. The van der Waals surface area contributed by atoms with Crippen molar-refractivity contribution >= 4 is 43.3 Å². The third-order valence-electron chi connectivity index (χ3n) is 6.16. The minimum atomic E-state index is -5.57. The van der Waals surface area contributed by atoms with Crippen LogP contribution in [-0.2, 0) is 39.2 Å². The van der Waals surface area contributed by atoms with E-state index in [1.54, 1.807) is 5.92 Å². The second kappa shape index (κ2) is 12.2. The number of nitrogens with two attached hydrogens (primary N) is 1. The molecule has 0 aliphatic carbocycles. The Kier molecular flexibility index (Phi) is 9.62. The fourth-order valence-corrected chi connectivity index (χ4v) is 7.15. The number of fused-ring (bicyclic) bond motifs is 1. The van der Waals surface area contributed by atoms with E-state index in [1.165, 1.54) is 0 Å². The molecule has 4 heterocycles. The van der Waals surface area contributed by atoms with Crippen LogP contribution in [0.5, 0.6) is 0 Å². The Morgan fingerprint density at radius 3 is 2.57 bits per heavy atom. The summed E-state index contributed by atoms with van der Waals surface area (Å²) in [5.41, 5.74) is 2.56. The van der Waals surface area contributed by atoms with Crippen molar-refractivity contribution in [3.63, 3.8) is 0 Å². The number of aromatic nitrogens is 5. The summed E-state index contributed by atoms with van der Waals surface area (Å²) in [5.74, 6) is 1.65. The second-order valence-corrected chi connectivity index (χ2v) is 13.3. The number of ether oxygens (including phenoxy) is 2. The zero-order valence-electron chi connectivity index (χ0n) is 20.7. The molecule has 0 amide bonds. The number of aliphatic hydroxyl groups is 5. The van der Waals surface area contributed by atoms with Gasteiger partial charge in [-0.3, -0.25) is 4.52 Å². The highest BCUT2D eigenvalue weighted by atomic mass is 32.5. The lowest BCUT2D eigenvalue weighted by Crippen LogP contribution is -2.60. The molecule has 0 spiro atoms. The molecule has 0 aromatic carbocycles. The summed E-state index contributed by atoms with van der Waals surface area (Å²) in [7, 11) is -5.57. The Balaban J connectivity index is 1.44. The number of nitrogen functional groups attached to an aromatic ring is 1. The predicted molar refractivity (Wildman–Crippen MR) is 133 cm³/mol. The number of aliphatic hydroxyl groups excluding tert-OH is 5. The van der Waals surface area contributed by atoms with Crippen LogP contribution in [0.15, 0.2) is 6.33 Å². The largest absolute Gasteiger partial charge is 0.481 e. The molecule has 19 nitrogen and oxygen atoms in total. The zero-order valence-corrected chi connectivity index (χ0v) is 23.3. The number of phosphoric ester groups is 1. The van der Waals surface area contributed by atoms with Gasteiger partial charge in [0, 0.05) is 0 Å². The number of halogens is 2. The van der Waals surface area contributed by atoms with Crippen molar-refractivity contribution < 1.29 is 71.5 Å². The monoisotopic (exact) mass is 664 g/mol. The molecule has 42 heavy (non-hydrogen) atoms. The number of anilines is 1. The van der Waals surface area contributed by atoms with Crippen molar-refractivity contribution in [1.29, 1.82) is 0 Å². The van der Waals surface area contributed by atoms with E-state index in [1.807, 2.05) is 0 Å². The van der Waals surface area contributed by atoms with E-state index in [-0.39, 0.29) is 17.0 Å². The molecule has 24 heteroatoms. The van der Waals surface area contributed by atoms with Gasteiger partial charge < -0.3 is 55.1 Å². The Labute approximate surface area is 238 Å². The molecule has 2 fully saturated rings. The quantitative estimate of drug-likeness (QED) is 0.0922. The van der Waals surface area contributed by atoms with Crippen molar-refractivity contribution in [3.8, 4) is 12.3 Å². The molecular weight excluding hydrogens is 640 g/mol. The lowest BCUT2D eigenvalue weighted by atomic mass is 9.96. The van der Waals surface area contributed by atoms with Gasteiger partial charge in [0.05, 0.1) is 13.2 Å². The van der Waals surface area contributed by atoms with Crippen LogP contribution in [0.4, 0.5) is 14.6 Å². The maximum atomic E-state index is 15.7. The maximum Gasteiger partial charge on any atom is 0.481 e. The van der Waals surface area contributed by atoms with E-state index in [4.69, 9.17) is 31.3 Å².